The zero-order chi connectivity index (χ0) is 15.1. The average Bonchev–Trinajstić information content (AvgIpc) is 3.04. The molecule has 2 rings (SSSR count). The van der Waals surface area contributed by atoms with Crippen molar-refractivity contribution in [3.63, 3.8) is 0 Å². The summed E-state index contributed by atoms with van der Waals surface area (Å²) in [4.78, 5) is 24.7. The Morgan fingerprint density at radius 3 is 2.57 bits per heavy atom. The van der Waals surface area contributed by atoms with E-state index < -0.39 is 12.0 Å². The molecule has 108 valence electrons. The van der Waals surface area contributed by atoms with Crippen LogP contribution in [0.25, 0.3) is 6.08 Å². The van der Waals surface area contributed by atoms with Gasteiger partial charge in [-0.15, -0.1) is 11.3 Å². The zero-order valence-corrected chi connectivity index (χ0v) is 12.3. The Morgan fingerprint density at radius 2 is 1.95 bits per heavy atom. The number of thiophene rings is 1. The summed E-state index contributed by atoms with van der Waals surface area (Å²) in [5.41, 5.74) is 0.683. The quantitative estimate of drug-likeness (QED) is 0.682. The summed E-state index contributed by atoms with van der Waals surface area (Å²) in [7, 11) is 1.30. The molecule has 0 radical (unpaired) electrons. The average molecular weight is 301 g/mol. The molecular formula is C16H15NO3S. The van der Waals surface area contributed by atoms with Gasteiger partial charge >= 0.3 is 5.97 Å². The molecule has 0 spiro atoms. The van der Waals surface area contributed by atoms with Gasteiger partial charge in [-0.2, -0.15) is 0 Å². The maximum Gasteiger partial charge on any atom is 0.333 e. The van der Waals surface area contributed by atoms with Gasteiger partial charge in [-0.1, -0.05) is 36.4 Å². The van der Waals surface area contributed by atoms with Gasteiger partial charge in [0.1, 0.15) is 0 Å². The largest absolute Gasteiger partial charge is 0.467 e. The van der Waals surface area contributed by atoms with Crippen LogP contribution in [0.5, 0.6) is 0 Å². The normalized spacial score (nSPS) is 12.0. The second-order valence-electron chi connectivity index (χ2n) is 4.22. The molecule has 1 aromatic carbocycles. The lowest BCUT2D eigenvalue weighted by Crippen LogP contribution is -2.33. The number of amides is 1. The molecule has 1 N–H and O–H groups in total. The molecule has 1 atom stereocenters. The third-order valence-corrected chi connectivity index (χ3v) is 3.64. The fourth-order valence-electron chi connectivity index (χ4n) is 1.78. The second-order valence-corrected chi connectivity index (χ2v) is 5.20. The highest BCUT2D eigenvalue weighted by molar-refractivity contribution is 7.10. The molecule has 1 heterocycles. The van der Waals surface area contributed by atoms with Gasteiger partial charge in [0.25, 0.3) is 0 Å². The summed E-state index contributed by atoms with van der Waals surface area (Å²) in [6.07, 6.45) is 3.12. The number of carbonyl (C=O) groups is 2. The molecule has 1 unspecified atom stereocenters. The number of esters is 1. The summed E-state index contributed by atoms with van der Waals surface area (Å²) in [5, 5.41) is 4.58. The lowest BCUT2D eigenvalue weighted by Gasteiger charge is -2.15. The van der Waals surface area contributed by atoms with Crippen molar-refractivity contribution in [2.24, 2.45) is 0 Å². The van der Waals surface area contributed by atoms with Crippen LogP contribution in [0, 0.1) is 0 Å². The third-order valence-electron chi connectivity index (χ3n) is 2.80. The standard InChI is InChI=1S/C16H15NO3S/c1-20-16(19)15(12-6-3-2-4-7-12)17-14(18)10-9-13-8-5-11-21-13/h2-11,15H,1H3,(H,17,18). The molecule has 21 heavy (non-hydrogen) atoms. The van der Waals surface area contributed by atoms with Crippen molar-refractivity contribution < 1.29 is 14.3 Å². The number of nitrogens with one attached hydrogen (secondary N) is 1. The minimum Gasteiger partial charge on any atom is -0.467 e. The molecular weight excluding hydrogens is 286 g/mol. The van der Waals surface area contributed by atoms with E-state index >= 15 is 0 Å². The van der Waals surface area contributed by atoms with Gasteiger partial charge in [0.05, 0.1) is 7.11 Å². The molecule has 1 amide bonds. The summed E-state index contributed by atoms with van der Waals surface area (Å²) in [6.45, 7) is 0. The highest BCUT2D eigenvalue weighted by Gasteiger charge is 2.22. The van der Waals surface area contributed by atoms with Crippen molar-refractivity contribution in [3.8, 4) is 0 Å². The lowest BCUT2D eigenvalue weighted by molar-refractivity contribution is -0.144. The van der Waals surface area contributed by atoms with Crippen molar-refractivity contribution in [1.82, 2.24) is 5.32 Å². The molecule has 0 aliphatic rings. The van der Waals surface area contributed by atoms with Crippen molar-refractivity contribution in [1.29, 1.82) is 0 Å². The van der Waals surface area contributed by atoms with E-state index in [1.165, 1.54) is 24.5 Å². The molecule has 0 bridgehead atoms. The predicted octanol–water partition coefficient (Wildman–Crippen LogP) is 2.79. The van der Waals surface area contributed by atoms with Gasteiger partial charge in [-0.25, -0.2) is 4.79 Å². The summed E-state index contributed by atoms with van der Waals surface area (Å²) < 4.78 is 4.74. The van der Waals surface area contributed by atoms with E-state index in [2.05, 4.69) is 5.32 Å². The van der Waals surface area contributed by atoms with Crippen LogP contribution in [0.1, 0.15) is 16.5 Å². The number of rotatable bonds is 5. The van der Waals surface area contributed by atoms with Crippen LogP contribution in [-0.2, 0) is 14.3 Å². The van der Waals surface area contributed by atoms with E-state index in [9.17, 15) is 9.59 Å². The fraction of sp³-hybridized carbons (Fsp3) is 0.125. The van der Waals surface area contributed by atoms with Crippen LogP contribution in [0.15, 0.2) is 53.9 Å². The van der Waals surface area contributed by atoms with Crippen molar-refractivity contribution >= 4 is 29.3 Å². The second kappa shape index (κ2) is 7.40. The lowest BCUT2D eigenvalue weighted by atomic mass is 10.1. The first-order valence-corrected chi connectivity index (χ1v) is 7.23. The number of benzene rings is 1. The number of carbonyl (C=O) groups excluding carboxylic acids is 2. The number of methoxy groups -OCH3 is 1. The molecule has 0 aliphatic carbocycles. The maximum atomic E-state index is 11.9. The molecule has 0 saturated carbocycles. The first-order chi connectivity index (χ1) is 10.2. The number of ether oxygens (including phenoxy) is 1. The predicted molar refractivity (Wildman–Crippen MR) is 82.7 cm³/mol. The Bertz CT molecular complexity index is 620. The SMILES string of the molecule is COC(=O)C(NC(=O)C=Cc1cccs1)c1ccccc1. The minimum absolute atomic E-state index is 0.345. The van der Waals surface area contributed by atoms with Gasteiger partial charge < -0.3 is 10.1 Å². The molecule has 5 heteroatoms. The van der Waals surface area contributed by atoms with Gasteiger partial charge in [0.2, 0.25) is 5.91 Å². The summed E-state index contributed by atoms with van der Waals surface area (Å²) >= 11 is 1.53. The molecule has 4 nitrogen and oxygen atoms in total. The highest BCUT2D eigenvalue weighted by atomic mass is 32.1. The number of hydrogen-bond acceptors (Lipinski definition) is 4. The first kappa shape index (κ1) is 15.0. The van der Waals surface area contributed by atoms with Crippen LogP contribution >= 0.6 is 11.3 Å². The topological polar surface area (TPSA) is 55.4 Å². The molecule has 0 aliphatic heterocycles. The fourth-order valence-corrected chi connectivity index (χ4v) is 2.39. The zero-order valence-electron chi connectivity index (χ0n) is 11.5. The van der Waals surface area contributed by atoms with E-state index in [-0.39, 0.29) is 5.91 Å². The van der Waals surface area contributed by atoms with E-state index in [1.54, 1.807) is 30.3 Å². The minimum atomic E-state index is -0.809. The van der Waals surface area contributed by atoms with E-state index in [1.807, 2.05) is 23.6 Å². The molecule has 1 aromatic heterocycles. The van der Waals surface area contributed by atoms with Crippen LogP contribution in [0.3, 0.4) is 0 Å². The Labute approximate surface area is 127 Å². The van der Waals surface area contributed by atoms with Crippen LogP contribution in [0.2, 0.25) is 0 Å². The number of hydrogen-bond donors (Lipinski definition) is 1. The molecule has 2 aromatic rings. The smallest absolute Gasteiger partial charge is 0.333 e. The Morgan fingerprint density at radius 1 is 1.19 bits per heavy atom. The molecule has 0 fully saturated rings. The van der Waals surface area contributed by atoms with Crippen LogP contribution in [0.4, 0.5) is 0 Å². The van der Waals surface area contributed by atoms with Crippen LogP contribution < -0.4 is 5.32 Å². The van der Waals surface area contributed by atoms with E-state index in [4.69, 9.17) is 4.74 Å². The summed E-state index contributed by atoms with van der Waals surface area (Å²) in [5.74, 6) is -0.846. The summed E-state index contributed by atoms with van der Waals surface area (Å²) in [6, 6.07) is 12.0. The third kappa shape index (κ3) is 4.29. The van der Waals surface area contributed by atoms with Gasteiger partial charge in [0.15, 0.2) is 6.04 Å². The van der Waals surface area contributed by atoms with Crippen LogP contribution in [-0.4, -0.2) is 19.0 Å². The van der Waals surface area contributed by atoms with E-state index in [0.717, 1.165) is 4.88 Å². The maximum absolute atomic E-state index is 11.9. The van der Waals surface area contributed by atoms with Crippen molar-refractivity contribution in [3.05, 3.63) is 64.4 Å². The van der Waals surface area contributed by atoms with Gasteiger partial charge in [0, 0.05) is 11.0 Å². The monoisotopic (exact) mass is 301 g/mol. The van der Waals surface area contributed by atoms with Crippen molar-refractivity contribution in [2.75, 3.05) is 7.11 Å². The Kier molecular flexibility index (Phi) is 5.29. The highest BCUT2D eigenvalue weighted by Crippen LogP contribution is 2.14. The first-order valence-electron chi connectivity index (χ1n) is 6.35. The Hall–Kier alpha value is -2.40. The van der Waals surface area contributed by atoms with Gasteiger partial charge in [-0.3, -0.25) is 4.79 Å². The van der Waals surface area contributed by atoms with Gasteiger partial charge in [-0.05, 0) is 23.1 Å². The van der Waals surface area contributed by atoms with Crippen molar-refractivity contribution in [2.45, 2.75) is 6.04 Å². The Balaban J connectivity index is 2.08. The van der Waals surface area contributed by atoms with E-state index in [0.29, 0.717) is 5.56 Å². The molecule has 0 saturated heterocycles.